The highest BCUT2D eigenvalue weighted by atomic mass is 32.2. The summed E-state index contributed by atoms with van der Waals surface area (Å²) in [6.45, 7) is 1.98. The van der Waals surface area contributed by atoms with Crippen LogP contribution in [0, 0.1) is 6.92 Å². The minimum Gasteiger partial charge on any atom is -0.313 e. The van der Waals surface area contributed by atoms with Gasteiger partial charge < -0.3 is 4.98 Å². The first-order valence-corrected chi connectivity index (χ1v) is 7.24. The number of nitrogens with one attached hydrogen (secondary N) is 3. The van der Waals surface area contributed by atoms with Crippen molar-refractivity contribution in [3.8, 4) is 0 Å². The van der Waals surface area contributed by atoms with Crippen molar-refractivity contribution in [1.29, 1.82) is 0 Å². The van der Waals surface area contributed by atoms with E-state index in [1.807, 2.05) is 24.0 Å². The van der Waals surface area contributed by atoms with Gasteiger partial charge in [-0.1, -0.05) is 29.8 Å². The van der Waals surface area contributed by atoms with Crippen LogP contribution in [0.15, 0.2) is 44.9 Å². The van der Waals surface area contributed by atoms with E-state index in [4.69, 9.17) is 0 Å². The van der Waals surface area contributed by atoms with Crippen LogP contribution in [0.1, 0.15) is 11.1 Å². The second-order valence-electron chi connectivity index (χ2n) is 4.25. The first-order chi connectivity index (χ1) is 9.38. The van der Waals surface area contributed by atoms with Crippen LogP contribution in [0.25, 0.3) is 0 Å². The van der Waals surface area contributed by atoms with Gasteiger partial charge in [-0.3, -0.25) is 9.78 Å². The van der Waals surface area contributed by atoms with E-state index in [0.29, 0.717) is 0 Å². The van der Waals surface area contributed by atoms with Crippen molar-refractivity contribution in [2.75, 3.05) is 0 Å². The SMILES string of the molecule is Cc1ccc(CNS(=O)(=O)c2c[nH]c(=O)[nH]c2=O)cc1. The predicted molar refractivity (Wildman–Crippen MR) is 72.9 cm³/mol. The minimum absolute atomic E-state index is 0.0567. The molecule has 0 saturated carbocycles. The number of aromatic nitrogens is 2. The summed E-state index contributed by atoms with van der Waals surface area (Å²) in [5, 5.41) is 0. The molecule has 7 nitrogen and oxygen atoms in total. The fraction of sp³-hybridized carbons (Fsp3) is 0.167. The zero-order valence-electron chi connectivity index (χ0n) is 10.6. The standard InChI is InChI=1S/C12H13N3O4S/c1-8-2-4-9(5-3-8)6-14-20(18,19)10-7-13-12(17)15-11(10)16/h2-5,7,14H,6H2,1H3,(H2,13,15,16,17). The number of hydrogen-bond donors (Lipinski definition) is 3. The van der Waals surface area contributed by atoms with Gasteiger partial charge in [-0.25, -0.2) is 17.9 Å². The molecule has 8 heteroatoms. The third-order valence-electron chi connectivity index (χ3n) is 2.66. The van der Waals surface area contributed by atoms with Crippen molar-refractivity contribution < 1.29 is 8.42 Å². The molecule has 0 radical (unpaired) electrons. The zero-order chi connectivity index (χ0) is 14.8. The zero-order valence-corrected chi connectivity index (χ0v) is 11.5. The number of aromatic amines is 2. The highest BCUT2D eigenvalue weighted by Crippen LogP contribution is 2.05. The largest absolute Gasteiger partial charge is 0.325 e. The van der Waals surface area contributed by atoms with Gasteiger partial charge in [0.15, 0.2) is 4.90 Å². The monoisotopic (exact) mass is 295 g/mol. The maximum atomic E-state index is 12.0. The van der Waals surface area contributed by atoms with Crippen molar-refractivity contribution >= 4 is 10.0 Å². The van der Waals surface area contributed by atoms with Crippen molar-refractivity contribution in [1.82, 2.24) is 14.7 Å². The maximum absolute atomic E-state index is 12.0. The molecule has 20 heavy (non-hydrogen) atoms. The van der Waals surface area contributed by atoms with Gasteiger partial charge in [0.05, 0.1) is 0 Å². The number of aryl methyl sites for hydroxylation is 1. The Balaban J connectivity index is 2.21. The van der Waals surface area contributed by atoms with Gasteiger partial charge in [0.25, 0.3) is 5.56 Å². The third kappa shape index (κ3) is 3.22. The Bertz CT molecular complexity index is 819. The fourth-order valence-corrected chi connectivity index (χ4v) is 2.58. The van der Waals surface area contributed by atoms with Crippen LogP contribution >= 0.6 is 0 Å². The molecular formula is C12H13N3O4S. The summed E-state index contributed by atoms with van der Waals surface area (Å²) < 4.78 is 26.2. The molecule has 2 rings (SSSR count). The lowest BCUT2D eigenvalue weighted by Gasteiger charge is -2.06. The van der Waals surface area contributed by atoms with Crippen molar-refractivity contribution in [3.05, 3.63) is 62.4 Å². The van der Waals surface area contributed by atoms with E-state index in [-0.39, 0.29) is 6.54 Å². The molecular weight excluding hydrogens is 282 g/mol. The number of benzene rings is 1. The topological polar surface area (TPSA) is 112 Å². The van der Waals surface area contributed by atoms with Crippen molar-refractivity contribution in [2.45, 2.75) is 18.4 Å². The van der Waals surface area contributed by atoms with Gasteiger partial charge in [0, 0.05) is 12.7 Å². The lowest BCUT2D eigenvalue weighted by Crippen LogP contribution is -2.32. The molecule has 0 aliphatic carbocycles. The molecule has 0 unspecified atom stereocenters. The van der Waals surface area contributed by atoms with Gasteiger partial charge in [0.1, 0.15) is 0 Å². The van der Waals surface area contributed by atoms with E-state index in [2.05, 4.69) is 9.71 Å². The number of rotatable bonds is 4. The molecule has 1 heterocycles. The number of sulfonamides is 1. The van der Waals surface area contributed by atoms with E-state index in [0.717, 1.165) is 17.3 Å². The van der Waals surface area contributed by atoms with Gasteiger partial charge in [-0.05, 0) is 12.5 Å². The van der Waals surface area contributed by atoms with Crippen LogP contribution in [0.4, 0.5) is 0 Å². The van der Waals surface area contributed by atoms with Crippen LogP contribution in [0.3, 0.4) is 0 Å². The number of H-pyrrole nitrogens is 2. The van der Waals surface area contributed by atoms with E-state index < -0.39 is 26.2 Å². The lowest BCUT2D eigenvalue weighted by atomic mass is 10.2. The highest BCUT2D eigenvalue weighted by Gasteiger charge is 2.18. The molecule has 3 N–H and O–H groups in total. The first kappa shape index (κ1) is 14.2. The molecule has 2 aromatic rings. The molecule has 1 aromatic carbocycles. The Labute approximate surface area is 114 Å². The molecule has 0 bridgehead atoms. The second-order valence-corrected chi connectivity index (χ2v) is 5.98. The summed E-state index contributed by atoms with van der Waals surface area (Å²) >= 11 is 0. The Kier molecular flexibility index (Phi) is 3.86. The summed E-state index contributed by atoms with van der Waals surface area (Å²) in [5.74, 6) is 0. The van der Waals surface area contributed by atoms with Gasteiger partial charge in [0.2, 0.25) is 10.0 Å². The van der Waals surface area contributed by atoms with Crippen LogP contribution in [0.2, 0.25) is 0 Å². The van der Waals surface area contributed by atoms with Crippen LogP contribution in [-0.2, 0) is 16.6 Å². The predicted octanol–water partition coefficient (Wildman–Crippen LogP) is -0.150. The molecule has 1 aromatic heterocycles. The van der Waals surface area contributed by atoms with Gasteiger partial charge in [-0.2, -0.15) is 0 Å². The van der Waals surface area contributed by atoms with Gasteiger partial charge in [-0.15, -0.1) is 0 Å². The average Bonchev–Trinajstić information content (AvgIpc) is 2.37. The molecule has 0 atom stereocenters. The molecule has 0 saturated heterocycles. The minimum atomic E-state index is -3.98. The van der Waals surface area contributed by atoms with Crippen LogP contribution in [0.5, 0.6) is 0 Å². The average molecular weight is 295 g/mol. The normalized spacial score (nSPS) is 11.4. The van der Waals surface area contributed by atoms with Crippen molar-refractivity contribution in [2.24, 2.45) is 0 Å². The summed E-state index contributed by atoms with van der Waals surface area (Å²) in [7, 11) is -3.98. The quantitative estimate of drug-likeness (QED) is 0.728. The van der Waals surface area contributed by atoms with Gasteiger partial charge >= 0.3 is 5.69 Å². The summed E-state index contributed by atoms with van der Waals surface area (Å²) in [6.07, 6.45) is 0.874. The van der Waals surface area contributed by atoms with E-state index >= 15 is 0 Å². The summed E-state index contributed by atoms with van der Waals surface area (Å²) in [6, 6.07) is 7.29. The lowest BCUT2D eigenvalue weighted by molar-refractivity contribution is 0.579. The van der Waals surface area contributed by atoms with Crippen LogP contribution < -0.4 is 16.0 Å². The van der Waals surface area contributed by atoms with E-state index in [1.54, 1.807) is 12.1 Å². The summed E-state index contributed by atoms with van der Waals surface area (Å²) in [4.78, 5) is 25.8. The maximum Gasteiger partial charge on any atom is 0.325 e. The second kappa shape index (κ2) is 5.43. The van der Waals surface area contributed by atoms with E-state index in [9.17, 15) is 18.0 Å². The highest BCUT2D eigenvalue weighted by molar-refractivity contribution is 7.89. The molecule has 0 aliphatic rings. The van der Waals surface area contributed by atoms with E-state index in [1.165, 1.54) is 0 Å². The Morgan fingerprint density at radius 2 is 1.80 bits per heavy atom. The third-order valence-corrected chi connectivity index (χ3v) is 4.07. The molecule has 0 aliphatic heterocycles. The van der Waals surface area contributed by atoms with Crippen molar-refractivity contribution in [3.63, 3.8) is 0 Å². The Morgan fingerprint density at radius 1 is 1.15 bits per heavy atom. The molecule has 0 fully saturated rings. The number of hydrogen-bond acceptors (Lipinski definition) is 4. The molecule has 0 spiro atoms. The van der Waals surface area contributed by atoms with Crippen LogP contribution in [-0.4, -0.2) is 18.4 Å². The Morgan fingerprint density at radius 3 is 2.40 bits per heavy atom. The first-order valence-electron chi connectivity index (χ1n) is 5.76. The molecule has 0 amide bonds. The fourth-order valence-electron chi connectivity index (χ4n) is 1.56. The molecule has 106 valence electrons. The summed E-state index contributed by atoms with van der Waals surface area (Å²) in [5.41, 5.74) is 0.117. The smallest absolute Gasteiger partial charge is 0.313 e. The Hall–Kier alpha value is -2.19.